The second-order valence-corrected chi connectivity index (χ2v) is 8.47. The van der Waals surface area contributed by atoms with Gasteiger partial charge < -0.3 is 18.9 Å². The van der Waals surface area contributed by atoms with E-state index < -0.39 is 0 Å². The van der Waals surface area contributed by atoms with E-state index in [0.717, 1.165) is 13.0 Å². The fraction of sp³-hybridized carbons (Fsp3) is 0.962. The second-order valence-electron chi connectivity index (χ2n) is 8.47. The highest BCUT2D eigenvalue weighted by molar-refractivity contribution is 5.69. The van der Waals surface area contributed by atoms with Crippen molar-refractivity contribution in [3.8, 4) is 0 Å². The number of rotatable bonds is 26. The van der Waals surface area contributed by atoms with Crippen molar-refractivity contribution in [2.75, 3.05) is 46.8 Å². The minimum atomic E-state index is -0.247. The van der Waals surface area contributed by atoms with Gasteiger partial charge in [-0.2, -0.15) is 0 Å². The van der Waals surface area contributed by atoms with Gasteiger partial charge in [0.25, 0.3) is 0 Å². The van der Waals surface area contributed by atoms with Crippen molar-refractivity contribution in [2.45, 2.75) is 116 Å². The first-order chi connectivity index (χ1) is 15.3. The predicted octanol–water partition coefficient (Wildman–Crippen LogP) is 6.86. The topological polar surface area (TPSA) is 54.0 Å². The Morgan fingerprint density at radius 3 is 1.26 bits per heavy atom. The Labute approximate surface area is 192 Å². The van der Waals surface area contributed by atoms with Gasteiger partial charge in [0.15, 0.2) is 0 Å². The number of carbonyl (C=O) groups excluding carboxylic acids is 1. The van der Waals surface area contributed by atoms with Crippen molar-refractivity contribution >= 4 is 5.97 Å². The molecule has 5 heteroatoms. The summed E-state index contributed by atoms with van der Waals surface area (Å²) >= 11 is 0. The van der Waals surface area contributed by atoms with E-state index >= 15 is 0 Å². The molecule has 0 unspecified atom stereocenters. The molecule has 0 aromatic carbocycles. The van der Waals surface area contributed by atoms with E-state index in [0.29, 0.717) is 39.5 Å². The van der Waals surface area contributed by atoms with Crippen LogP contribution in [0, 0.1) is 0 Å². The van der Waals surface area contributed by atoms with Crippen molar-refractivity contribution in [3.63, 3.8) is 0 Å². The third-order valence-corrected chi connectivity index (χ3v) is 5.56. The maximum atomic E-state index is 10.9. The minimum absolute atomic E-state index is 0.247. The summed E-state index contributed by atoms with van der Waals surface area (Å²) < 4.78 is 20.9. The number of methoxy groups -OCH3 is 1. The number of esters is 1. The van der Waals surface area contributed by atoms with Crippen molar-refractivity contribution in [1.82, 2.24) is 0 Å². The first-order valence-electron chi connectivity index (χ1n) is 13.1. The maximum absolute atomic E-state index is 10.9. The average molecular weight is 445 g/mol. The van der Waals surface area contributed by atoms with Gasteiger partial charge in [-0.15, -0.1) is 0 Å². The van der Waals surface area contributed by atoms with Crippen LogP contribution in [0.3, 0.4) is 0 Å². The van der Waals surface area contributed by atoms with E-state index in [9.17, 15) is 4.79 Å². The lowest BCUT2D eigenvalue weighted by Crippen LogP contribution is -2.12. The summed E-state index contributed by atoms with van der Waals surface area (Å²) in [6, 6.07) is 0. The average Bonchev–Trinajstić information content (AvgIpc) is 2.78. The van der Waals surface area contributed by atoms with Gasteiger partial charge in [0.2, 0.25) is 0 Å². The molecule has 0 aliphatic carbocycles. The third kappa shape index (κ3) is 27.3. The van der Waals surface area contributed by atoms with Crippen molar-refractivity contribution < 1.29 is 23.7 Å². The van der Waals surface area contributed by atoms with Crippen LogP contribution in [0.2, 0.25) is 0 Å². The quantitative estimate of drug-likeness (QED) is 0.108. The number of carbonyl (C=O) groups is 1. The third-order valence-electron chi connectivity index (χ3n) is 5.56. The highest BCUT2D eigenvalue weighted by atomic mass is 16.5. The monoisotopic (exact) mass is 444 g/mol. The van der Waals surface area contributed by atoms with Gasteiger partial charge in [0.1, 0.15) is 0 Å². The van der Waals surface area contributed by atoms with Crippen LogP contribution >= 0.6 is 0 Å². The molecule has 0 saturated heterocycles. The summed E-state index contributed by atoms with van der Waals surface area (Å²) in [5, 5.41) is 0. The molecular formula is C26H52O5. The lowest BCUT2D eigenvalue weighted by molar-refractivity contribution is -0.141. The normalized spacial score (nSPS) is 11.2. The van der Waals surface area contributed by atoms with Gasteiger partial charge in [-0.3, -0.25) is 4.79 Å². The Hall–Kier alpha value is -0.650. The summed E-state index contributed by atoms with van der Waals surface area (Å²) in [4.78, 5) is 10.9. The predicted molar refractivity (Wildman–Crippen MR) is 129 cm³/mol. The molecule has 0 radical (unpaired) electrons. The Bertz CT molecular complexity index is 349. The smallest absolute Gasteiger partial charge is 0.307 e. The van der Waals surface area contributed by atoms with Crippen molar-refractivity contribution in [2.24, 2.45) is 0 Å². The maximum Gasteiger partial charge on any atom is 0.307 e. The van der Waals surface area contributed by atoms with Crippen LogP contribution in [0.25, 0.3) is 0 Å². The van der Waals surface area contributed by atoms with Crippen LogP contribution in [0.1, 0.15) is 116 Å². The summed E-state index contributed by atoms with van der Waals surface area (Å²) in [5.74, 6) is -0.247. The van der Waals surface area contributed by atoms with Crippen molar-refractivity contribution in [1.29, 1.82) is 0 Å². The van der Waals surface area contributed by atoms with Crippen LogP contribution in [0.4, 0.5) is 0 Å². The zero-order chi connectivity index (χ0) is 22.7. The molecule has 0 aliphatic heterocycles. The number of unbranched alkanes of at least 4 members (excludes halogenated alkanes) is 15. The molecule has 0 aliphatic rings. The second kappa shape index (κ2) is 27.4. The molecule has 0 aromatic rings. The van der Waals surface area contributed by atoms with Gasteiger partial charge in [-0.1, -0.05) is 103 Å². The molecule has 5 nitrogen and oxygen atoms in total. The molecule has 186 valence electrons. The van der Waals surface area contributed by atoms with Crippen LogP contribution in [-0.2, 0) is 23.7 Å². The number of ether oxygens (including phenoxy) is 4. The summed E-state index contributed by atoms with van der Waals surface area (Å²) in [6.45, 7) is 5.76. The number of hydrogen-bond acceptors (Lipinski definition) is 5. The van der Waals surface area contributed by atoms with E-state index in [4.69, 9.17) is 14.2 Å². The fourth-order valence-electron chi connectivity index (χ4n) is 3.55. The van der Waals surface area contributed by atoms with Gasteiger partial charge in [-0.05, 0) is 6.42 Å². The first-order valence-corrected chi connectivity index (χ1v) is 13.1. The largest absolute Gasteiger partial charge is 0.469 e. The standard InChI is InChI=1S/C26H52O5/c1-3-4-5-6-7-8-9-10-11-12-13-14-15-16-17-18-20-29-22-24-31-25-23-30-21-19-26(27)28-2/h3-25H2,1-2H3. The van der Waals surface area contributed by atoms with Gasteiger partial charge >= 0.3 is 5.97 Å². The molecule has 0 aromatic heterocycles. The molecule has 0 fully saturated rings. The lowest BCUT2D eigenvalue weighted by atomic mass is 10.0. The Kier molecular flexibility index (Phi) is 26.8. The zero-order valence-corrected chi connectivity index (χ0v) is 20.8. The molecule has 0 rings (SSSR count). The zero-order valence-electron chi connectivity index (χ0n) is 20.8. The Morgan fingerprint density at radius 2 is 0.839 bits per heavy atom. The molecule has 31 heavy (non-hydrogen) atoms. The minimum Gasteiger partial charge on any atom is -0.469 e. The van der Waals surface area contributed by atoms with Gasteiger partial charge in [0, 0.05) is 6.61 Å². The van der Waals surface area contributed by atoms with E-state index in [2.05, 4.69) is 11.7 Å². The van der Waals surface area contributed by atoms with Crippen LogP contribution in [0.15, 0.2) is 0 Å². The molecule has 0 heterocycles. The van der Waals surface area contributed by atoms with Crippen LogP contribution in [0.5, 0.6) is 0 Å². The SMILES string of the molecule is CCCCCCCCCCCCCCCCCCOCCOCCOCCC(=O)OC. The van der Waals surface area contributed by atoms with E-state index in [1.807, 2.05) is 0 Å². The van der Waals surface area contributed by atoms with Gasteiger partial charge in [-0.25, -0.2) is 0 Å². The van der Waals surface area contributed by atoms with Crippen LogP contribution < -0.4 is 0 Å². The summed E-state index contributed by atoms with van der Waals surface area (Å²) in [5.41, 5.74) is 0. The molecule has 0 amide bonds. The fourth-order valence-corrected chi connectivity index (χ4v) is 3.55. The molecule has 0 saturated carbocycles. The lowest BCUT2D eigenvalue weighted by Gasteiger charge is -2.07. The van der Waals surface area contributed by atoms with E-state index in [1.54, 1.807) is 0 Å². The number of hydrogen-bond donors (Lipinski definition) is 0. The summed E-state index contributed by atoms with van der Waals surface area (Å²) in [7, 11) is 1.38. The molecule has 0 spiro atoms. The molecule has 0 N–H and O–H groups in total. The van der Waals surface area contributed by atoms with Crippen molar-refractivity contribution in [3.05, 3.63) is 0 Å². The molecule has 0 atom stereocenters. The highest BCUT2D eigenvalue weighted by Gasteiger charge is 1.99. The van der Waals surface area contributed by atoms with Crippen LogP contribution in [-0.4, -0.2) is 52.7 Å². The Balaban J connectivity index is 3.01. The Morgan fingerprint density at radius 1 is 0.484 bits per heavy atom. The van der Waals surface area contributed by atoms with E-state index in [-0.39, 0.29) is 5.97 Å². The molecular weight excluding hydrogens is 392 g/mol. The highest BCUT2D eigenvalue weighted by Crippen LogP contribution is 2.13. The first kappa shape index (κ1) is 30.4. The van der Waals surface area contributed by atoms with E-state index in [1.165, 1.54) is 103 Å². The summed E-state index contributed by atoms with van der Waals surface area (Å²) in [6.07, 6.45) is 22.5. The van der Waals surface area contributed by atoms with Gasteiger partial charge in [0.05, 0.1) is 46.6 Å². The molecule has 0 bridgehead atoms.